The highest BCUT2D eigenvalue weighted by atomic mass is 79.9. The topological polar surface area (TPSA) is 71.4 Å². The first-order valence-corrected chi connectivity index (χ1v) is 8.62. The number of hydrogen-bond acceptors (Lipinski definition) is 3. The summed E-state index contributed by atoms with van der Waals surface area (Å²) in [6, 6.07) is 10.5. The third kappa shape index (κ3) is 3.64. The van der Waals surface area contributed by atoms with Gasteiger partial charge in [0, 0.05) is 9.50 Å². The molecule has 2 rings (SSSR count). The highest BCUT2D eigenvalue weighted by Gasteiger charge is 2.21. The molecular weight excluding hydrogens is 380 g/mol. The Hall–Kier alpha value is -1.37. The number of hydrogen-bond donors (Lipinski definition) is 1. The fourth-order valence-electron chi connectivity index (χ4n) is 1.77. The Labute approximate surface area is 135 Å². The molecule has 0 saturated heterocycles. The molecule has 0 fully saturated rings. The van der Waals surface area contributed by atoms with Gasteiger partial charge in [-0.3, -0.25) is 0 Å². The van der Waals surface area contributed by atoms with E-state index in [9.17, 15) is 13.2 Å². The van der Waals surface area contributed by atoms with E-state index in [1.54, 1.807) is 24.3 Å². The molecule has 21 heavy (non-hydrogen) atoms. The number of halogens is 2. The number of benzene rings is 2. The van der Waals surface area contributed by atoms with Crippen LogP contribution in [0.5, 0.6) is 0 Å². The van der Waals surface area contributed by atoms with Gasteiger partial charge >= 0.3 is 5.97 Å². The van der Waals surface area contributed by atoms with Crippen molar-refractivity contribution in [3.8, 4) is 0 Å². The van der Waals surface area contributed by atoms with E-state index in [1.165, 1.54) is 12.1 Å². The average Bonchev–Trinajstić information content (AvgIpc) is 2.41. The number of sulfone groups is 1. The lowest BCUT2D eigenvalue weighted by Crippen LogP contribution is -2.08. The molecule has 0 aromatic heterocycles. The molecule has 0 aliphatic carbocycles. The normalized spacial score (nSPS) is 11.3. The van der Waals surface area contributed by atoms with Crippen molar-refractivity contribution in [2.45, 2.75) is 10.6 Å². The second kappa shape index (κ2) is 6.17. The van der Waals surface area contributed by atoms with E-state index in [0.29, 0.717) is 15.1 Å². The highest BCUT2D eigenvalue weighted by Crippen LogP contribution is 2.28. The van der Waals surface area contributed by atoms with Crippen LogP contribution in [0.1, 0.15) is 15.9 Å². The quantitative estimate of drug-likeness (QED) is 0.864. The van der Waals surface area contributed by atoms with Gasteiger partial charge in [-0.25, -0.2) is 13.2 Å². The number of aromatic carboxylic acids is 1. The van der Waals surface area contributed by atoms with Gasteiger partial charge in [-0.05, 0) is 45.8 Å². The molecule has 1 N–H and O–H groups in total. The summed E-state index contributed by atoms with van der Waals surface area (Å²) in [7, 11) is -3.72. The van der Waals surface area contributed by atoms with Crippen LogP contribution in [0, 0.1) is 0 Å². The number of carboxylic acids is 1. The number of carboxylic acid groups (broad SMARTS) is 1. The van der Waals surface area contributed by atoms with E-state index in [2.05, 4.69) is 15.9 Å². The molecular formula is C14H10BrClO4S. The molecule has 0 radical (unpaired) electrons. The van der Waals surface area contributed by atoms with Gasteiger partial charge in [-0.2, -0.15) is 0 Å². The Morgan fingerprint density at radius 1 is 1.19 bits per heavy atom. The van der Waals surface area contributed by atoms with Gasteiger partial charge in [0.2, 0.25) is 0 Å². The molecule has 2 aromatic rings. The van der Waals surface area contributed by atoms with Gasteiger partial charge in [0.15, 0.2) is 9.84 Å². The van der Waals surface area contributed by atoms with E-state index < -0.39 is 15.8 Å². The average molecular weight is 390 g/mol. The summed E-state index contributed by atoms with van der Waals surface area (Å²) in [5.41, 5.74) is 0.378. The Bertz CT molecular complexity index is 802. The lowest BCUT2D eigenvalue weighted by atomic mass is 10.2. The molecule has 0 heterocycles. The molecule has 0 saturated carbocycles. The van der Waals surface area contributed by atoms with Crippen molar-refractivity contribution in [2.75, 3.05) is 0 Å². The second-order valence-electron chi connectivity index (χ2n) is 4.30. The van der Waals surface area contributed by atoms with E-state index in [-0.39, 0.29) is 16.2 Å². The summed E-state index contributed by atoms with van der Waals surface area (Å²) >= 11 is 9.11. The second-order valence-corrected chi connectivity index (χ2v) is 7.52. The van der Waals surface area contributed by atoms with Gasteiger partial charge < -0.3 is 5.11 Å². The van der Waals surface area contributed by atoms with Crippen LogP contribution in [0.2, 0.25) is 5.02 Å². The minimum Gasteiger partial charge on any atom is -0.478 e. The van der Waals surface area contributed by atoms with E-state index >= 15 is 0 Å². The van der Waals surface area contributed by atoms with Crippen LogP contribution < -0.4 is 0 Å². The maximum absolute atomic E-state index is 12.5. The third-order valence-corrected chi connectivity index (χ3v) is 5.84. The van der Waals surface area contributed by atoms with Crippen molar-refractivity contribution in [1.29, 1.82) is 0 Å². The van der Waals surface area contributed by atoms with Crippen LogP contribution in [0.15, 0.2) is 51.8 Å². The summed E-state index contributed by atoms with van der Waals surface area (Å²) in [4.78, 5) is 10.9. The first-order chi connectivity index (χ1) is 9.81. The van der Waals surface area contributed by atoms with E-state index in [4.69, 9.17) is 16.7 Å². The van der Waals surface area contributed by atoms with Gasteiger partial charge in [-0.1, -0.05) is 29.8 Å². The van der Waals surface area contributed by atoms with E-state index in [1.807, 2.05) is 0 Å². The van der Waals surface area contributed by atoms with Crippen LogP contribution in [0.25, 0.3) is 0 Å². The largest absolute Gasteiger partial charge is 0.478 e. The molecule has 2 aromatic carbocycles. The first-order valence-electron chi connectivity index (χ1n) is 5.80. The fourth-order valence-corrected chi connectivity index (χ4v) is 4.53. The van der Waals surface area contributed by atoms with E-state index in [0.717, 1.165) is 6.07 Å². The van der Waals surface area contributed by atoms with Crippen LogP contribution in [0.3, 0.4) is 0 Å². The Balaban J connectivity index is 2.47. The predicted molar refractivity (Wildman–Crippen MR) is 83.4 cm³/mol. The van der Waals surface area contributed by atoms with Gasteiger partial charge in [0.1, 0.15) is 0 Å². The van der Waals surface area contributed by atoms with Gasteiger partial charge in [0.05, 0.1) is 16.2 Å². The molecule has 4 nitrogen and oxygen atoms in total. The van der Waals surface area contributed by atoms with Gasteiger partial charge in [-0.15, -0.1) is 0 Å². The maximum atomic E-state index is 12.5. The third-order valence-electron chi connectivity index (χ3n) is 2.82. The fraction of sp³-hybridized carbons (Fsp3) is 0.0714. The van der Waals surface area contributed by atoms with Crippen LogP contribution in [-0.4, -0.2) is 19.5 Å². The lowest BCUT2D eigenvalue weighted by Gasteiger charge is -2.09. The van der Waals surface area contributed by atoms with Crippen molar-refractivity contribution in [1.82, 2.24) is 0 Å². The molecule has 7 heteroatoms. The minimum absolute atomic E-state index is 0.0673. The molecule has 0 bridgehead atoms. The van der Waals surface area contributed by atoms with Crippen LogP contribution in [0.4, 0.5) is 0 Å². The summed E-state index contributed by atoms with van der Waals surface area (Å²) < 4.78 is 25.3. The maximum Gasteiger partial charge on any atom is 0.335 e. The molecule has 0 spiro atoms. The van der Waals surface area contributed by atoms with Crippen molar-refractivity contribution < 1.29 is 18.3 Å². The molecule has 0 aliphatic rings. The monoisotopic (exact) mass is 388 g/mol. The summed E-state index contributed by atoms with van der Waals surface area (Å²) in [6.45, 7) is 0. The molecule has 0 atom stereocenters. The Morgan fingerprint density at radius 2 is 1.86 bits per heavy atom. The first kappa shape index (κ1) is 16.0. The van der Waals surface area contributed by atoms with Crippen molar-refractivity contribution in [3.63, 3.8) is 0 Å². The minimum atomic E-state index is -3.72. The summed E-state index contributed by atoms with van der Waals surface area (Å²) in [5.74, 6) is -1.48. The lowest BCUT2D eigenvalue weighted by molar-refractivity contribution is 0.0696. The van der Waals surface area contributed by atoms with Crippen molar-refractivity contribution in [3.05, 3.63) is 63.1 Å². The standard InChI is InChI=1S/C14H10BrClO4S/c15-11-6-5-9(14(17)18)7-13(11)21(19,20)8-10-3-1-2-4-12(10)16/h1-7H,8H2,(H,17,18). The molecule has 0 unspecified atom stereocenters. The zero-order valence-corrected chi connectivity index (χ0v) is 13.7. The highest BCUT2D eigenvalue weighted by molar-refractivity contribution is 9.10. The SMILES string of the molecule is O=C(O)c1ccc(Br)c(S(=O)(=O)Cc2ccccc2Cl)c1. The molecule has 0 amide bonds. The molecule has 0 aliphatic heterocycles. The summed E-state index contributed by atoms with van der Waals surface area (Å²) in [5, 5.41) is 9.32. The van der Waals surface area contributed by atoms with Crippen molar-refractivity contribution >= 4 is 43.3 Å². The van der Waals surface area contributed by atoms with Crippen LogP contribution in [-0.2, 0) is 15.6 Å². The smallest absolute Gasteiger partial charge is 0.335 e. The van der Waals surface area contributed by atoms with Crippen LogP contribution >= 0.6 is 27.5 Å². The van der Waals surface area contributed by atoms with Crippen molar-refractivity contribution in [2.24, 2.45) is 0 Å². The zero-order valence-electron chi connectivity index (χ0n) is 10.6. The summed E-state index contributed by atoms with van der Waals surface area (Å²) in [6.07, 6.45) is 0. The van der Waals surface area contributed by atoms with Gasteiger partial charge in [0.25, 0.3) is 0 Å². The number of carbonyl (C=O) groups is 1. The predicted octanol–water partition coefficient (Wildman–Crippen LogP) is 3.77. The number of rotatable bonds is 4. The Morgan fingerprint density at radius 3 is 2.48 bits per heavy atom. The molecule has 110 valence electrons. The zero-order chi connectivity index (χ0) is 15.6. The Kier molecular flexibility index (Phi) is 4.70.